The van der Waals surface area contributed by atoms with Gasteiger partial charge in [-0.15, -0.1) is 11.8 Å². The second kappa shape index (κ2) is 7.62. The van der Waals surface area contributed by atoms with Gasteiger partial charge in [-0.1, -0.05) is 31.2 Å². The van der Waals surface area contributed by atoms with E-state index in [0.29, 0.717) is 18.3 Å². The molecule has 2 aromatic carbocycles. The van der Waals surface area contributed by atoms with Crippen LogP contribution < -0.4 is 15.0 Å². The third-order valence-corrected chi connectivity index (χ3v) is 5.15. The molecule has 0 unspecified atom stereocenters. The fourth-order valence-electron chi connectivity index (χ4n) is 2.80. The first kappa shape index (κ1) is 16.7. The molecule has 24 heavy (non-hydrogen) atoms. The summed E-state index contributed by atoms with van der Waals surface area (Å²) in [5.41, 5.74) is 2.22. The number of para-hydroxylation sites is 1. The highest BCUT2D eigenvalue weighted by atomic mass is 32.2. The molecule has 2 aromatic rings. The summed E-state index contributed by atoms with van der Waals surface area (Å²) in [6.45, 7) is 4.00. The zero-order chi connectivity index (χ0) is 16.9. The Morgan fingerprint density at radius 2 is 2.00 bits per heavy atom. The Labute approximate surface area is 147 Å². The standard InChI is InChI=1S/C19H22N2O2S/c1-14-12-21(17-5-3-4-6-18(17)24-14)13-19(22)20-11-15-7-9-16(23-2)10-8-15/h3-10,14H,11-13H2,1-2H3,(H,20,22)/t14-/m1/s1. The first-order valence-electron chi connectivity index (χ1n) is 8.06. The molecule has 5 heteroatoms. The molecule has 0 aromatic heterocycles. The monoisotopic (exact) mass is 342 g/mol. The van der Waals surface area contributed by atoms with Crippen molar-refractivity contribution >= 4 is 23.4 Å². The number of thioether (sulfide) groups is 1. The molecule has 0 radical (unpaired) electrons. The number of amides is 1. The highest BCUT2D eigenvalue weighted by molar-refractivity contribution is 8.00. The van der Waals surface area contributed by atoms with Gasteiger partial charge in [0.05, 0.1) is 19.3 Å². The lowest BCUT2D eigenvalue weighted by Gasteiger charge is -2.33. The Kier molecular flexibility index (Phi) is 5.30. The van der Waals surface area contributed by atoms with Crippen molar-refractivity contribution in [3.63, 3.8) is 0 Å². The van der Waals surface area contributed by atoms with Crippen molar-refractivity contribution in [3.05, 3.63) is 54.1 Å². The lowest BCUT2D eigenvalue weighted by atomic mass is 10.2. The number of fused-ring (bicyclic) bond motifs is 1. The van der Waals surface area contributed by atoms with Gasteiger partial charge < -0.3 is 15.0 Å². The first-order chi connectivity index (χ1) is 11.7. The third kappa shape index (κ3) is 4.03. The number of methoxy groups -OCH3 is 1. The van der Waals surface area contributed by atoms with Gasteiger partial charge >= 0.3 is 0 Å². The van der Waals surface area contributed by atoms with Gasteiger partial charge in [0.15, 0.2) is 0 Å². The van der Waals surface area contributed by atoms with Crippen molar-refractivity contribution in [2.24, 2.45) is 0 Å². The Morgan fingerprint density at radius 3 is 2.75 bits per heavy atom. The summed E-state index contributed by atoms with van der Waals surface area (Å²) in [5.74, 6) is 0.862. The van der Waals surface area contributed by atoms with Crippen LogP contribution in [0.4, 0.5) is 5.69 Å². The molecule has 1 N–H and O–H groups in total. The van der Waals surface area contributed by atoms with Gasteiger partial charge in [0.2, 0.25) is 5.91 Å². The van der Waals surface area contributed by atoms with E-state index >= 15 is 0 Å². The van der Waals surface area contributed by atoms with Gasteiger partial charge in [0, 0.05) is 23.2 Å². The molecule has 0 saturated heterocycles. The maximum atomic E-state index is 12.3. The van der Waals surface area contributed by atoms with E-state index in [2.05, 4.69) is 29.3 Å². The maximum absolute atomic E-state index is 12.3. The van der Waals surface area contributed by atoms with Crippen LogP contribution in [-0.2, 0) is 11.3 Å². The second-order valence-corrected chi connectivity index (χ2v) is 7.38. The number of nitrogens with one attached hydrogen (secondary N) is 1. The second-order valence-electron chi connectivity index (χ2n) is 5.90. The molecule has 0 aliphatic carbocycles. The molecule has 1 atom stereocenters. The largest absolute Gasteiger partial charge is 0.497 e. The summed E-state index contributed by atoms with van der Waals surface area (Å²) in [6, 6.07) is 16.0. The first-order valence-corrected chi connectivity index (χ1v) is 8.94. The molecular weight excluding hydrogens is 320 g/mol. The average molecular weight is 342 g/mol. The van der Waals surface area contributed by atoms with Crippen molar-refractivity contribution in [1.29, 1.82) is 0 Å². The topological polar surface area (TPSA) is 41.6 Å². The number of hydrogen-bond donors (Lipinski definition) is 1. The Hall–Kier alpha value is -2.14. The quantitative estimate of drug-likeness (QED) is 0.905. The van der Waals surface area contributed by atoms with Gasteiger partial charge in [-0.25, -0.2) is 0 Å². The van der Waals surface area contributed by atoms with Crippen LogP contribution in [-0.4, -0.2) is 31.4 Å². The molecule has 0 bridgehead atoms. The van der Waals surface area contributed by atoms with Crippen LogP contribution >= 0.6 is 11.8 Å². The number of anilines is 1. The van der Waals surface area contributed by atoms with Crippen LogP contribution in [0.3, 0.4) is 0 Å². The van der Waals surface area contributed by atoms with Gasteiger partial charge in [-0.2, -0.15) is 0 Å². The zero-order valence-corrected chi connectivity index (χ0v) is 14.8. The van der Waals surface area contributed by atoms with Crippen LogP contribution in [0.2, 0.25) is 0 Å². The van der Waals surface area contributed by atoms with Crippen molar-refractivity contribution in [1.82, 2.24) is 5.32 Å². The molecule has 1 heterocycles. The Balaban J connectivity index is 1.58. The van der Waals surface area contributed by atoms with E-state index in [4.69, 9.17) is 4.74 Å². The van der Waals surface area contributed by atoms with Crippen LogP contribution in [0.1, 0.15) is 12.5 Å². The number of rotatable bonds is 5. The smallest absolute Gasteiger partial charge is 0.239 e. The fourth-order valence-corrected chi connectivity index (χ4v) is 3.97. The van der Waals surface area contributed by atoms with Gasteiger partial charge in [-0.3, -0.25) is 4.79 Å². The zero-order valence-electron chi connectivity index (χ0n) is 14.0. The lowest BCUT2D eigenvalue weighted by Crippen LogP contribution is -2.41. The minimum Gasteiger partial charge on any atom is -0.497 e. The highest BCUT2D eigenvalue weighted by Crippen LogP contribution is 2.37. The maximum Gasteiger partial charge on any atom is 0.239 e. The molecule has 1 aliphatic heterocycles. The van der Waals surface area contributed by atoms with Crippen LogP contribution in [0.25, 0.3) is 0 Å². The molecular formula is C19H22N2O2S. The predicted octanol–water partition coefficient (Wildman–Crippen LogP) is 3.31. The fraction of sp³-hybridized carbons (Fsp3) is 0.316. The number of nitrogens with zero attached hydrogens (tertiary/aromatic N) is 1. The number of carbonyl (C=O) groups is 1. The molecule has 3 rings (SSSR count). The molecule has 4 nitrogen and oxygen atoms in total. The normalized spacial score (nSPS) is 16.4. The summed E-state index contributed by atoms with van der Waals surface area (Å²) in [4.78, 5) is 15.8. The van der Waals surface area contributed by atoms with E-state index in [1.807, 2.05) is 48.2 Å². The lowest BCUT2D eigenvalue weighted by molar-refractivity contribution is -0.119. The van der Waals surface area contributed by atoms with E-state index in [1.54, 1.807) is 7.11 Å². The average Bonchev–Trinajstić information content (AvgIpc) is 2.60. The van der Waals surface area contributed by atoms with Crippen molar-refractivity contribution in [2.45, 2.75) is 23.6 Å². The van der Waals surface area contributed by atoms with Crippen LogP contribution in [0, 0.1) is 0 Å². The summed E-state index contributed by atoms with van der Waals surface area (Å²) in [7, 11) is 1.65. The van der Waals surface area contributed by atoms with Crippen LogP contribution in [0.5, 0.6) is 5.75 Å². The molecule has 0 spiro atoms. The Morgan fingerprint density at radius 1 is 1.25 bits per heavy atom. The molecule has 0 fully saturated rings. The minimum absolute atomic E-state index is 0.0414. The summed E-state index contributed by atoms with van der Waals surface area (Å²) in [5, 5.41) is 3.48. The van der Waals surface area contributed by atoms with E-state index < -0.39 is 0 Å². The highest BCUT2D eigenvalue weighted by Gasteiger charge is 2.23. The predicted molar refractivity (Wildman–Crippen MR) is 98.8 cm³/mol. The van der Waals surface area contributed by atoms with Gasteiger partial charge in [0.1, 0.15) is 5.75 Å². The minimum atomic E-state index is 0.0414. The molecule has 1 aliphatic rings. The van der Waals surface area contributed by atoms with E-state index in [0.717, 1.165) is 23.5 Å². The van der Waals surface area contributed by atoms with Crippen molar-refractivity contribution < 1.29 is 9.53 Å². The Bertz CT molecular complexity index is 703. The summed E-state index contributed by atoms with van der Waals surface area (Å²) in [6.07, 6.45) is 0. The van der Waals surface area contributed by atoms with Crippen LogP contribution in [0.15, 0.2) is 53.4 Å². The number of ether oxygens (including phenoxy) is 1. The van der Waals surface area contributed by atoms with Gasteiger partial charge in [-0.05, 0) is 29.8 Å². The third-order valence-electron chi connectivity index (χ3n) is 3.99. The molecule has 1 amide bonds. The molecule has 0 saturated carbocycles. The summed E-state index contributed by atoms with van der Waals surface area (Å²) < 4.78 is 5.14. The van der Waals surface area contributed by atoms with E-state index in [-0.39, 0.29) is 5.91 Å². The van der Waals surface area contributed by atoms with Gasteiger partial charge in [0.25, 0.3) is 0 Å². The van der Waals surface area contributed by atoms with Crippen molar-refractivity contribution in [2.75, 3.05) is 25.1 Å². The molecule has 126 valence electrons. The van der Waals surface area contributed by atoms with E-state index in [1.165, 1.54) is 4.90 Å². The SMILES string of the molecule is COc1ccc(CNC(=O)CN2C[C@@H](C)Sc3ccccc32)cc1. The number of carbonyl (C=O) groups excluding carboxylic acids is 1. The van der Waals surface area contributed by atoms with E-state index in [9.17, 15) is 4.79 Å². The summed E-state index contributed by atoms with van der Waals surface area (Å²) >= 11 is 1.87. The number of hydrogen-bond acceptors (Lipinski definition) is 4. The number of benzene rings is 2. The van der Waals surface area contributed by atoms with Crippen molar-refractivity contribution in [3.8, 4) is 5.75 Å².